The van der Waals surface area contributed by atoms with Crippen LogP contribution in [-0.2, 0) is 0 Å². The fraction of sp³-hybridized carbons (Fsp3) is 0.692. The number of thiophene rings is 1. The van der Waals surface area contributed by atoms with Crippen molar-refractivity contribution in [3.05, 3.63) is 21.9 Å². The number of nitrogens with one attached hydrogen (secondary N) is 1. The molecule has 1 N–H and O–H groups in total. The minimum absolute atomic E-state index is 0.320. The highest BCUT2D eigenvalue weighted by Crippen LogP contribution is 2.26. The summed E-state index contributed by atoms with van der Waals surface area (Å²) in [4.78, 5) is 2.82. The van der Waals surface area contributed by atoms with Crippen LogP contribution in [0.15, 0.2) is 12.1 Å². The first-order valence-electron chi connectivity index (χ1n) is 5.63. The van der Waals surface area contributed by atoms with Gasteiger partial charge in [0.1, 0.15) is 0 Å². The van der Waals surface area contributed by atoms with Gasteiger partial charge in [0.15, 0.2) is 0 Å². The van der Waals surface area contributed by atoms with Gasteiger partial charge < -0.3 is 5.32 Å². The summed E-state index contributed by atoms with van der Waals surface area (Å²) in [6.45, 7) is 13.5. The summed E-state index contributed by atoms with van der Waals surface area (Å²) < 4.78 is 0. The lowest BCUT2D eigenvalue weighted by molar-refractivity contribution is 0.269. The second kappa shape index (κ2) is 4.67. The largest absolute Gasteiger partial charge is 0.306 e. The summed E-state index contributed by atoms with van der Waals surface area (Å²) in [5.41, 5.74) is 0.320. The van der Waals surface area contributed by atoms with Crippen LogP contribution < -0.4 is 5.32 Å². The van der Waals surface area contributed by atoms with Gasteiger partial charge in [0.25, 0.3) is 0 Å². The van der Waals surface area contributed by atoms with E-state index < -0.39 is 0 Å². The number of rotatable bonds is 3. The maximum absolute atomic E-state index is 3.66. The summed E-state index contributed by atoms with van der Waals surface area (Å²) in [5.74, 6) is 0. The Labute approximate surface area is 97.9 Å². The van der Waals surface area contributed by atoms with Crippen LogP contribution in [0, 0.1) is 12.3 Å². The Kier molecular flexibility index (Phi) is 3.96. The van der Waals surface area contributed by atoms with Crippen molar-refractivity contribution in [2.75, 3.05) is 0 Å². The zero-order valence-corrected chi connectivity index (χ0v) is 11.5. The summed E-state index contributed by atoms with van der Waals surface area (Å²) in [7, 11) is 0. The van der Waals surface area contributed by atoms with Gasteiger partial charge in [-0.05, 0) is 38.3 Å². The SMILES string of the molecule is Cc1ccc(C(C)NC(C)C(C)(C)C)s1. The third-order valence-corrected chi connectivity index (χ3v) is 4.17. The van der Waals surface area contributed by atoms with Gasteiger partial charge in [0, 0.05) is 21.8 Å². The van der Waals surface area contributed by atoms with E-state index in [0.29, 0.717) is 17.5 Å². The Balaban J connectivity index is 2.60. The van der Waals surface area contributed by atoms with Gasteiger partial charge in [-0.1, -0.05) is 20.8 Å². The highest BCUT2D eigenvalue weighted by Gasteiger charge is 2.22. The van der Waals surface area contributed by atoms with Gasteiger partial charge >= 0.3 is 0 Å². The van der Waals surface area contributed by atoms with Gasteiger partial charge in [-0.25, -0.2) is 0 Å². The van der Waals surface area contributed by atoms with Crippen LogP contribution in [0.1, 0.15) is 50.4 Å². The van der Waals surface area contributed by atoms with Gasteiger partial charge in [-0.2, -0.15) is 0 Å². The first-order chi connectivity index (χ1) is 6.80. The Bertz CT molecular complexity index is 309. The molecule has 0 bridgehead atoms. The van der Waals surface area contributed by atoms with E-state index in [4.69, 9.17) is 0 Å². The monoisotopic (exact) mass is 225 g/mol. The first kappa shape index (κ1) is 12.7. The topological polar surface area (TPSA) is 12.0 Å². The Hall–Kier alpha value is -0.340. The molecule has 0 fully saturated rings. The molecule has 0 radical (unpaired) electrons. The summed E-state index contributed by atoms with van der Waals surface area (Å²) >= 11 is 1.89. The van der Waals surface area contributed by atoms with Crippen LogP contribution >= 0.6 is 11.3 Å². The number of hydrogen-bond donors (Lipinski definition) is 1. The van der Waals surface area contributed by atoms with Crippen molar-refractivity contribution in [1.82, 2.24) is 5.32 Å². The molecule has 0 spiro atoms. The Morgan fingerprint density at radius 3 is 2.20 bits per heavy atom. The number of hydrogen-bond acceptors (Lipinski definition) is 2. The molecule has 0 aromatic carbocycles. The zero-order valence-electron chi connectivity index (χ0n) is 10.7. The van der Waals surface area contributed by atoms with Gasteiger partial charge in [0.2, 0.25) is 0 Å². The fourth-order valence-corrected chi connectivity index (χ4v) is 2.28. The molecule has 0 amide bonds. The number of aryl methyl sites for hydroxylation is 1. The van der Waals surface area contributed by atoms with Crippen LogP contribution in [0.4, 0.5) is 0 Å². The van der Waals surface area contributed by atoms with E-state index in [2.05, 4.69) is 59.0 Å². The van der Waals surface area contributed by atoms with Crippen LogP contribution in [0.5, 0.6) is 0 Å². The maximum Gasteiger partial charge on any atom is 0.0388 e. The molecule has 1 aromatic heterocycles. The standard InChI is InChI=1S/C13H23NS/c1-9-7-8-12(15-9)10(2)14-11(3)13(4,5)6/h7-8,10-11,14H,1-6H3. The normalized spacial score (nSPS) is 16.4. The predicted octanol–water partition coefficient (Wildman–Crippen LogP) is 4.14. The van der Waals surface area contributed by atoms with Crippen molar-refractivity contribution < 1.29 is 0 Å². The van der Waals surface area contributed by atoms with Crippen LogP contribution in [0.2, 0.25) is 0 Å². The molecule has 2 unspecified atom stereocenters. The Morgan fingerprint density at radius 2 is 1.80 bits per heavy atom. The lowest BCUT2D eigenvalue weighted by atomic mass is 9.87. The van der Waals surface area contributed by atoms with Gasteiger partial charge in [-0.15, -0.1) is 11.3 Å². The van der Waals surface area contributed by atoms with Gasteiger partial charge in [-0.3, -0.25) is 0 Å². The molecule has 1 heterocycles. The Morgan fingerprint density at radius 1 is 1.20 bits per heavy atom. The van der Waals surface area contributed by atoms with E-state index in [1.54, 1.807) is 0 Å². The summed E-state index contributed by atoms with van der Waals surface area (Å²) in [6, 6.07) is 5.40. The fourth-order valence-electron chi connectivity index (χ4n) is 1.39. The second-order valence-electron chi connectivity index (χ2n) is 5.42. The van der Waals surface area contributed by atoms with Crippen LogP contribution in [0.25, 0.3) is 0 Å². The average molecular weight is 225 g/mol. The molecule has 1 aromatic rings. The van der Waals surface area contributed by atoms with Crippen molar-refractivity contribution in [2.45, 2.75) is 53.6 Å². The molecule has 86 valence electrons. The molecule has 0 aliphatic rings. The highest BCUT2D eigenvalue weighted by molar-refractivity contribution is 7.12. The molecule has 2 atom stereocenters. The maximum atomic E-state index is 3.66. The predicted molar refractivity (Wildman–Crippen MR) is 69.5 cm³/mol. The molecular weight excluding hydrogens is 202 g/mol. The van der Waals surface area contributed by atoms with E-state index in [-0.39, 0.29) is 0 Å². The molecule has 0 saturated heterocycles. The minimum atomic E-state index is 0.320. The molecule has 0 aliphatic carbocycles. The lowest BCUT2D eigenvalue weighted by Gasteiger charge is -2.30. The molecule has 0 aliphatic heterocycles. The van der Waals surface area contributed by atoms with E-state index in [9.17, 15) is 0 Å². The van der Waals surface area contributed by atoms with Crippen molar-refractivity contribution in [3.63, 3.8) is 0 Å². The van der Waals surface area contributed by atoms with Crippen molar-refractivity contribution in [3.8, 4) is 0 Å². The van der Waals surface area contributed by atoms with E-state index in [1.165, 1.54) is 9.75 Å². The third kappa shape index (κ3) is 3.62. The average Bonchev–Trinajstić information content (AvgIpc) is 2.50. The van der Waals surface area contributed by atoms with E-state index >= 15 is 0 Å². The summed E-state index contributed by atoms with van der Waals surface area (Å²) in [5, 5.41) is 3.66. The molecular formula is C13H23NS. The zero-order chi connectivity index (χ0) is 11.6. The van der Waals surface area contributed by atoms with Crippen LogP contribution in [0.3, 0.4) is 0 Å². The van der Waals surface area contributed by atoms with Crippen LogP contribution in [-0.4, -0.2) is 6.04 Å². The van der Waals surface area contributed by atoms with Crippen molar-refractivity contribution in [2.24, 2.45) is 5.41 Å². The van der Waals surface area contributed by atoms with E-state index in [1.807, 2.05) is 11.3 Å². The van der Waals surface area contributed by atoms with Gasteiger partial charge in [0.05, 0.1) is 0 Å². The minimum Gasteiger partial charge on any atom is -0.306 e. The van der Waals surface area contributed by atoms with Crippen molar-refractivity contribution in [1.29, 1.82) is 0 Å². The second-order valence-corrected chi connectivity index (χ2v) is 6.74. The molecule has 1 rings (SSSR count). The molecule has 2 heteroatoms. The summed E-state index contributed by atoms with van der Waals surface area (Å²) in [6.07, 6.45) is 0. The third-order valence-electron chi connectivity index (χ3n) is 2.99. The molecule has 1 nitrogen and oxygen atoms in total. The quantitative estimate of drug-likeness (QED) is 0.815. The van der Waals surface area contributed by atoms with E-state index in [0.717, 1.165) is 0 Å². The molecule has 0 saturated carbocycles. The smallest absolute Gasteiger partial charge is 0.0388 e. The molecule has 15 heavy (non-hydrogen) atoms. The van der Waals surface area contributed by atoms with Crippen molar-refractivity contribution >= 4 is 11.3 Å². The lowest BCUT2D eigenvalue weighted by Crippen LogP contribution is -2.38. The highest BCUT2D eigenvalue weighted by atomic mass is 32.1. The first-order valence-corrected chi connectivity index (χ1v) is 6.44.